The Hall–Kier alpha value is -1.06. The van der Waals surface area contributed by atoms with Gasteiger partial charge in [-0.25, -0.2) is 0 Å². The van der Waals surface area contributed by atoms with Crippen LogP contribution in [0.15, 0.2) is 0 Å². The zero-order valence-electron chi connectivity index (χ0n) is 13.1. The van der Waals surface area contributed by atoms with Gasteiger partial charge in [-0.2, -0.15) is 0 Å². The average Bonchev–Trinajstić information content (AvgIpc) is 3.30. The van der Waals surface area contributed by atoms with Crippen LogP contribution >= 0.6 is 0 Å². The summed E-state index contributed by atoms with van der Waals surface area (Å²) in [6.07, 6.45) is 10.0. The molecule has 0 N–H and O–H groups in total. The van der Waals surface area contributed by atoms with Crippen LogP contribution in [0.3, 0.4) is 0 Å². The monoisotopic (exact) mass is 292 g/mol. The molecular weight excluding hydrogens is 264 g/mol. The van der Waals surface area contributed by atoms with Gasteiger partial charge in [0.25, 0.3) is 0 Å². The van der Waals surface area contributed by atoms with Gasteiger partial charge in [0.15, 0.2) is 0 Å². The van der Waals surface area contributed by atoms with E-state index >= 15 is 0 Å². The van der Waals surface area contributed by atoms with Crippen molar-refractivity contribution in [1.29, 1.82) is 0 Å². The SMILES string of the molecule is O=C(C1CCN(C(=O)C2CC2)CC1)N1CCCCCCC1. The van der Waals surface area contributed by atoms with E-state index in [1.165, 1.54) is 19.3 Å². The molecule has 2 heterocycles. The molecule has 0 aromatic carbocycles. The van der Waals surface area contributed by atoms with Gasteiger partial charge in [0.2, 0.25) is 11.8 Å². The third-order valence-corrected chi connectivity index (χ3v) is 5.25. The summed E-state index contributed by atoms with van der Waals surface area (Å²) in [5, 5.41) is 0. The molecule has 118 valence electrons. The topological polar surface area (TPSA) is 40.6 Å². The molecule has 1 aliphatic carbocycles. The minimum absolute atomic E-state index is 0.160. The number of hydrogen-bond donors (Lipinski definition) is 0. The fraction of sp³-hybridized carbons (Fsp3) is 0.882. The Balaban J connectivity index is 1.48. The van der Waals surface area contributed by atoms with Crippen molar-refractivity contribution in [2.24, 2.45) is 11.8 Å². The second-order valence-electron chi connectivity index (χ2n) is 6.97. The van der Waals surface area contributed by atoms with E-state index < -0.39 is 0 Å². The van der Waals surface area contributed by atoms with E-state index in [1.807, 2.05) is 4.90 Å². The Bertz CT molecular complexity index is 376. The van der Waals surface area contributed by atoms with Crippen molar-refractivity contribution in [2.45, 2.75) is 57.8 Å². The molecular formula is C17H28N2O2. The van der Waals surface area contributed by atoms with Crippen LogP contribution in [0.5, 0.6) is 0 Å². The van der Waals surface area contributed by atoms with Gasteiger partial charge >= 0.3 is 0 Å². The largest absolute Gasteiger partial charge is 0.342 e. The maximum Gasteiger partial charge on any atom is 0.225 e. The summed E-state index contributed by atoms with van der Waals surface area (Å²) in [6.45, 7) is 3.47. The smallest absolute Gasteiger partial charge is 0.225 e. The van der Waals surface area contributed by atoms with Gasteiger partial charge < -0.3 is 9.80 Å². The number of hydrogen-bond acceptors (Lipinski definition) is 2. The average molecular weight is 292 g/mol. The lowest BCUT2D eigenvalue weighted by molar-refractivity contribution is -0.141. The Labute approximate surface area is 127 Å². The molecule has 0 unspecified atom stereocenters. The molecule has 0 spiro atoms. The Kier molecular flexibility index (Phi) is 4.81. The minimum Gasteiger partial charge on any atom is -0.342 e. The lowest BCUT2D eigenvalue weighted by Gasteiger charge is -2.35. The number of rotatable bonds is 2. The van der Waals surface area contributed by atoms with Crippen LogP contribution < -0.4 is 0 Å². The number of amides is 2. The maximum absolute atomic E-state index is 12.7. The van der Waals surface area contributed by atoms with Crippen molar-refractivity contribution in [3.8, 4) is 0 Å². The highest BCUT2D eigenvalue weighted by molar-refractivity contribution is 5.82. The van der Waals surface area contributed by atoms with E-state index in [-0.39, 0.29) is 5.92 Å². The molecule has 0 aromatic rings. The molecule has 2 amide bonds. The molecule has 4 heteroatoms. The summed E-state index contributed by atoms with van der Waals surface area (Å²) in [5.41, 5.74) is 0. The van der Waals surface area contributed by atoms with E-state index in [2.05, 4.69) is 4.90 Å². The predicted molar refractivity (Wildman–Crippen MR) is 81.7 cm³/mol. The molecule has 3 rings (SSSR count). The van der Waals surface area contributed by atoms with Crippen LogP contribution in [0.4, 0.5) is 0 Å². The van der Waals surface area contributed by atoms with Gasteiger partial charge in [-0.3, -0.25) is 9.59 Å². The Morgan fingerprint density at radius 3 is 1.52 bits per heavy atom. The van der Waals surface area contributed by atoms with Gasteiger partial charge in [-0.1, -0.05) is 19.3 Å². The van der Waals surface area contributed by atoms with Crippen molar-refractivity contribution in [2.75, 3.05) is 26.2 Å². The van der Waals surface area contributed by atoms with E-state index in [0.29, 0.717) is 17.7 Å². The van der Waals surface area contributed by atoms with Crippen LogP contribution in [0.25, 0.3) is 0 Å². The fourth-order valence-electron chi connectivity index (χ4n) is 3.66. The van der Waals surface area contributed by atoms with E-state index in [0.717, 1.165) is 64.7 Å². The number of carbonyl (C=O) groups excluding carboxylic acids is 2. The quantitative estimate of drug-likeness (QED) is 0.784. The van der Waals surface area contributed by atoms with Gasteiger partial charge in [0, 0.05) is 38.0 Å². The zero-order chi connectivity index (χ0) is 14.7. The van der Waals surface area contributed by atoms with Crippen LogP contribution in [-0.4, -0.2) is 47.8 Å². The molecule has 0 bridgehead atoms. The van der Waals surface area contributed by atoms with Crippen molar-refractivity contribution in [3.05, 3.63) is 0 Å². The number of likely N-dealkylation sites (tertiary alicyclic amines) is 2. The predicted octanol–water partition coefficient (Wildman–Crippen LogP) is 2.43. The summed E-state index contributed by atoms with van der Waals surface area (Å²) in [7, 11) is 0. The van der Waals surface area contributed by atoms with Crippen molar-refractivity contribution >= 4 is 11.8 Å². The third-order valence-electron chi connectivity index (χ3n) is 5.25. The summed E-state index contributed by atoms with van der Waals surface area (Å²) in [6, 6.07) is 0. The zero-order valence-corrected chi connectivity index (χ0v) is 13.1. The standard InChI is InChI=1S/C17H28N2O2/c20-16(14-6-7-14)19-12-8-15(9-13-19)17(21)18-10-4-2-1-3-5-11-18/h14-15H,1-13H2. The molecule has 3 aliphatic rings. The van der Waals surface area contributed by atoms with Gasteiger partial charge in [0.1, 0.15) is 0 Å². The highest BCUT2D eigenvalue weighted by Crippen LogP contribution is 2.32. The number of carbonyl (C=O) groups is 2. The second-order valence-corrected chi connectivity index (χ2v) is 6.97. The van der Waals surface area contributed by atoms with Gasteiger partial charge in [-0.15, -0.1) is 0 Å². The van der Waals surface area contributed by atoms with Crippen LogP contribution in [0.1, 0.15) is 57.8 Å². The minimum atomic E-state index is 0.160. The molecule has 4 nitrogen and oxygen atoms in total. The first-order valence-electron chi connectivity index (χ1n) is 8.83. The highest BCUT2D eigenvalue weighted by atomic mass is 16.2. The molecule has 1 saturated carbocycles. The van der Waals surface area contributed by atoms with Crippen molar-refractivity contribution in [3.63, 3.8) is 0 Å². The third kappa shape index (κ3) is 3.78. The molecule has 0 radical (unpaired) electrons. The van der Waals surface area contributed by atoms with Crippen molar-refractivity contribution < 1.29 is 9.59 Å². The lowest BCUT2D eigenvalue weighted by Crippen LogP contribution is -2.45. The van der Waals surface area contributed by atoms with Crippen LogP contribution in [0.2, 0.25) is 0 Å². The first kappa shape index (κ1) is 14.9. The first-order chi connectivity index (χ1) is 10.3. The number of nitrogens with zero attached hydrogens (tertiary/aromatic N) is 2. The normalized spacial score (nSPS) is 25.3. The van der Waals surface area contributed by atoms with Crippen LogP contribution in [-0.2, 0) is 9.59 Å². The Morgan fingerprint density at radius 1 is 0.571 bits per heavy atom. The van der Waals surface area contributed by atoms with Crippen LogP contribution in [0, 0.1) is 11.8 Å². The molecule has 0 aromatic heterocycles. The first-order valence-corrected chi connectivity index (χ1v) is 8.83. The highest BCUT2D eigenvalue weighted by Gasteiger charge is 2.36. The molecule has 2 saturated heterocycles. The molecule has 3 fully saturated rings. The summed E-state index contributed by atoms with van der Waals surface area (Å²) in [4.78, 5) is 28.8. The van der Waals surface area contributed by atoms with Crippen molar-refractivity contribution in [1.82, 2.24) is 9.80 Å². The summed E-state index contributed by atoms with van der Waals surface area (Å²) >= 11 is 0. The molecule has 21 heavy (non-hydrogen) atoms. The Morgan fingerprint density at radius 2 is 1.00 bits per heavy atom. The summed E-state index contributed by atoms with van der Waals surface area (Å²) in [5.74, 6) is 1.17. The van der Waals surface area contributed by atoms with E-state index in [4.69, 9.17) is 0 Å². The van der Waals surface area contributed by atoms with Gasteiger partial charge in [-0.05, 0) is 38.5 Å². The van der Waals surface area contributed by atoms with E-state index in [1.54, 1.807) is 0 Å². The van der Waals surface area contributed by atoms with E-state index in [9.17, 15) is 9.59 Å². The molecule has 2 aliphatic heterocycles. The fourth-order valence-corrected chi connectivity index (χ4v) is 3.66. The number of piperidine rings is 1. The summed E-state index contributed by atoms with van der Waals surface area (Å²) < 4.78 is 0. The molecule has 0 atom stereocenters. The second kappa shape index (κ2) is 6.80. The van der Waals surface area contributed by atoms with Gasteiger partial charge in [0.05, 0.1) is 0 Å². The maximum atomic E-state index is 12.7. The lowest BCUT2D eigenvalue weighted by atomic mass is 9.94.